The molecule has 0 atom stereocenters. The minimum atomic E-state index is -0.601. The van der Waals surface area contributed by atoms with E-state index in [1.807, 2.05) is 37.3 Å². The van der Waals surface area contributed by atoms with Crippen molar-refractivity contribution in [2.75, 3.05) is 37.9 Å². The van der Waals surface area contributed by atoms with Crippen molar-refractivity contribution in [2.24, 2.45) is 0 Å². The molecule has 0 aliphatic rings. The second-order valence-electron chi connectivity index (χ2n) is 9.47. The number of aromatic nitrogens is 1. The molecule has 3 aromatic carbocycles. The summed E-state index contributed by atoms with van der Waals surface area (Å²) in [5, 5.41) is 6.74. The summed E-state index contributed by atoms with van der Waals surface area (Å²) in [5.41, 5.74) is 3.34. The molecule has 0 saturated carbocycles. The number of fused-ring (bicyclic) bond motifs is 1. The van der Waals surface area contributed by atoms with Crippen molar-refractivity contribution in [3.8, 4) is 5.75 Å². The first-order chi connectivity index (χ1) is 19.5. The van der Waals surface area contributed by atoms with Crippen LogP contribution >= 0.6 is 23.2 Å². The fraction of sp³-hybridized carbons (Fsp3) is 0.200. The average molecular weight is 594 g/mol. The van der Waals surface area contributed by atoms with Gasteiger partial charge in [0.15, 0.2) is 0 Å². The molecule has 1 heterocycles. The summed E-state index contributed by atoms with van der Waals surface area (Å²) in [5.74, 6) is -0.0270. The molecule has 0 aliphatic carbocycles. The van der Waals surface area contributed by atoms with Crippen LogP contribution in [0.3, 0.4) is 0 Å². The lowest BCUT2D eigenvalue weighted by molar-refractivity contribution is -0.117. The van der Waals surface area contributed by atoms with Gasteiger partial charge >= 0.3 is 6.03 Å². The first-order valence-corrected chi connectivity index (χ1v) is 13.4. The number of carbonyl (C=O) groups is 3. The summed E-state index contributed by atoms with van der Waals surface area (Å²) in [4.78, 5) is 44.9. The van der Waals surface area contributed by atoms with E-state index in [1.165, 1.54) is 9.80 Å². The monoisotopic (exact) mass is 593 g/mol. The molecule has 4 amide bonds. The van der Waals surface area contributed by atoms with Crippen molar-refractivity contribution in [3.05, 3.63) is 93.6 Å². The Morgan fingerprint density at radius 3 is 2.46 bits per heavy atom. The molecule has 0 aliphatic heterocycles. The van der Waals surface area contributed by atoms with Gasteiger partial charge in [0.1, 0.15) is 17.9 Å². The van der Waals surface area contributed by atoms with Crippen LogP contribution in [-0.4, -0.2) is 55.4 Å². The van der Waals surface area contributed by atoms with Gasteiger partial charge in [-0.2, -0.15) is 0 Å². The smallest absolute Gasteiger partial charge is 0.319 e. The number of anilines is 2. The van der Waals surface area contributed by atoms with E-state index in [0.717, 1.165) is 16.6 Å². The Labute approximate surface area is 248 Å². The van der Waals surface area contributed by atoms with Gasteiger partial charge in [-0.1, -0.05) is 47.5 Å². The Morgan fingerprint density at radius 1 is 0.951 bits per heavy atom. The summed E-state index contributed by atoms with van der Waals surface area (Å²) in [7, 11) is 4.84. The number of aryl methyl sites for hydroxylation is 1. The number of para-hydroxylation sites is 1. The van der Waals surface area contributed by atoms with Gasteiger partial charge in [0.2, 0.25) is 5.91 Å². The molecule has 0 saturated heterocycles. The predicted octanol–water partition coefficient (Wildman–Crippen LogP) is 5.92. The maximum absolute atomic E-state index is 12.9. The predicted molar refractivity (Wildman–Crippen MR) is 162 cm³/mol. The van der Waals surface area contributed by atoms with E-state index in [1.54, 1.807) is 57.5 Å². The maximum Gasteiger partial charge on any atom is 0.319 e. The normalized spacial score (nSPS) is 10.7. The lowest BCUT2D eigenvalue weighted by atomic mass is 10.1. The Hall–Kier alpha value is -4.34. The molecule has 0 radical (unpaired) electrons. The number of urea groups is 1. The van der Waals surface area contributed by atoms with Gasteiger partial charge in [-0.3, -0.25) is 9.59 Å². The van der Waals surface area contributed by atoms with E-state index in [-0.39, 0.29) is 24.1 Å². The van der Waals surface area contributed by atoms with Crippen LogP contribution in [0, 0.1) is 6.92 Å². The lowest BCUT2D eigenvalue weighted by Crippen LogP contribution is -2.40. The third-order valence-electron chi connectivity index (χ3n) is 6.27. The molecule has 0 bridgehead atoms. The number of rotatable bonds is 8. The molecule has 2 N–H and O–H groups in total. The standard InChI is InChI=1S/C30H29Cl2N5O4/c1-18-11-12-19-7-6-10-25(28(19)34-18)41-17-22-23(31)13-14-24(27(22)32)37(4)26(38)16-33-30(40)35-21-9-5-8-20(15-21)29(39)36(2)3/h5-15H,16-17H2,1-4H3,(H2,33,35,40). The highest BCUT2D eigenvalue weighted by Gasteiger charge is 2.20. The molecule has 1 aromatic heterocycles. The summed E-state index contributed by atoms with van der Waals surface area (Å²) in [6, 6.07) is 18.7. The number of hydrogen-bond donors (Lipinski definition) is 2. The van der Waals surface area contributed by atoms with Crippen LogP contribution in [-0.2, 0) is 11.4 Å². The first-order valence-electron chi connectivity index (χ1n) is 12.6. The minimum Gasteiger partial charge on any atom is -0.487 e. The molecule has 0 spiro atoms. The minimum absolute atomic E-state index is 0.0539. The largest absolute Gasteiger partial charge is 0.487 e. The number of nitrogens with zero attached hydrogens (tertiary/aromatic N) is 3. The zero-order chi connectivity index (χ0) is 29.7. The van der Waals surface area contributed by atoms with Crippen LogP contribution in [0.2, 0.25) is 10.0 Å². The number of likely N-dealkylation sites (N-methyl/N-ethyl adjacent to an activating group) is 1. The average Bonchev–Trinajstić information content (AvgIpc) is 2.95. The maximum atomic E-state index is 12.9. The molecular weight excluding hydrogens is 565 g/mol. The van der Waals surface area contributed by atoms with E-state index >= 15 is 0 Å². The second-order valence-corrected chi connectivity index (χ2v) is 10.3. The van der Waals surface area contributed by atoms with Crippen molar-refractivity contribution >= 4 is 63.3 Å². The summed E-state index contributed by atoms with van der Waals surface area (Å²) < 4.78 is 6.07. The van der Waals surface area contributed by atoms with Crippen LogP contribution < -0.4 is 20.3 Å². The first kappa shape index (κ1) is 29.6. The second kappa shape index (κ2) is 12.9. The summed E-state index contributed by atoms with van der Waals surface area (Å²) in [6.07, 6.45) is 0. The fourth-order valence-corrected chi connectivity index (χ4v) is 4.64. The van der Waals surface area contributed by atoms with Gasteiger partial charge in [0.25, 0.3) is 5.91 Å². The van der Waals surface area contributed by atoms with Crippen molar-refractivity contribution < 1.29 is 19.1 Å². The van der Waals surface area contributed by atoms with Crippen LogP contribution in [0.15, 0.2) is 66.7 Å². The van der Waals surface area contributed by atoms with E-state index in [9.17, 15) is 14.4 Å². The van der Waals surface area contributed by atoms with Gasteiger partial charge in [0, 0.05) is 54.1 Å². The number of ether oxygens (including phenoxy) is 1. The van der Waals surface area contributed by atoms with E-state index < -0.39 is 11.9 Å². The molecule has 9 nitrogen and oxygen atoms in total. The zero-order valence-electron chi connectivity index (χ0n) is 23.0. The van der Waals surface area contributed by atoms with E-state index in [0.29, 0.717) is 33.3 Å². The SMILES string of the molecule is Cc1ccc2cccc(OCc3c(Cl)ccc(N(C)C(=O)CNC(=O)Nc4cccc(C(=O)N(C)C)c4)c3Cl)c2n1. The van der Waals surface area contributed by atoms with Crippen molar-refractivity contribution in [1.82, 2.24) is 15.2 Å². The Balaban J connectivity index is 1.41. The number of carbonyl (C=O) groups excluding carboxylic acids is 3. The number of benzene rings is 3. The van der Waals surface area contributed by atoms with Gasteiger partial charge in [-0.15, -0.1) is 0 Å². The van der Waals surface area contributed by atoms with Gasteiger partial charge in [-0.25, -0.2) is 9.78 Å². The van der Waals surface area contributed by atoms with Gasteiger partial charge in [-0.05, 0) is 49.4 Å². The van der Waals surface area contributed by atoms with E-state index in [2.05, 4.69) is 15.6 Å². The number of hydrogen-bond acceptors (Lipinski definition) is 5. The van der Waals surface area contributed by atoms with Crippen molar-refractivity contribution in [1.29, 1.82) is 0 Å². The Bertz CT molecular complexity index is 1630. The quantitative estimate of drug-likeness (QED) is 0.264. The third kappa shape index (κ3) is 7.06. The Kier molecular flexibility index (Phi) is 9.31. The fourth-order valence-electron chi connectivity index (χ4n) is 4.03. The molecule has 4 rings (SSSR count). The molecule has 0 fully saturated rings. The number of amides is 4. The van der Waals surface area contributed by atoms with Gasteiger partial charge in [0.05, 0.1) is 17.3 Å². The highest BCUT2D eigenvalue weighted by atomic mass is 35.5. The number of halogens is 2. The van der Waals surface area contributed by atoms with Crippen molar-refractivity contribution in [2.45, 2.75) is 13.5 Å². The van der Waals surface area contributed by atoms with E-state index in [4.69, 9.17) is 27.9 Å². The number of pyridine rings is 1. The topological polar surface area (TPSA) is 104 Å². The van der Waals surface area contributed by atoms with Crippen LogP contribution in [0.5, 0.6) is 5.75 Å². The molecule has 41 heavy (non-hydrogen) atoms. The zero-order valence-corrected chi connectivity index (χ0v) is 24.5. The summed E-state index contributed by atoms with van der Waals surface area (Å²) >= 11 is 13.1. The van der Waals surface area contributed by atoms with Crippen LogP contribution in [0.25, 0.3) is 10.9 Å². The lowest BCUT2D eigenvalue weighted by Gasteiger charge is -2.21. The van der Waals surface area contributed by atoms with Gasteiger partial charge < -0.3 is 25.2 Å². The van der Waals surface area contributed by atoms with Crippen LogP contribution in [0.1, 0.15) is 21.6 Å². The molecule has 212 valence electrons. The van der Waals surface area contributed by atoms with Crippen LogP contribution in [0.4, 0.5) is 16.2 Å². The molecular formula is C30H29Cl2N5O4. The molecule has 4 aromatic rings. The molecule has 11 heteroatoms. The summed E-state index contributed by atoms with van der Waals surface area (Å²) in [6.45, 7) is 1.66. The Morgan fingerprint density at radius 2 is 1.71 bits per heavy atom. The highest BCUT2D eigenvalue weighted by molar-refractivity contribution is 6.38. The molecule has 0 unspecified atom stereocenters. The third-order valence-corrected chi connectivity index (χ3v) is 7.05. The number of nitrogens with one attached hydrogen (secondary N) is 2. The highest BCUT2D eigenvalue weighted by Crippen LogP contribution is 2.35. The van der Waals surface area contributed by atoms with Crippen molar-refractivity contribution in [3.63, 3.8) is 0 Å².